The van der Waals surface area contributed by atoms with Crippen molar-refractivity contribution >= 4 is 18.0 Å². The van der Waals surface area contributed by atoms with Gasteiger partial charge in [-0.05, 0) is 12.5 Å². The second-order valence-electron chi connectivity index (χ2n) is 5.61. The Morgan fingerprint density at radius 2 is 1.96 bits per heavy atom. The number of H-pyrrole nitrogens is 1. The lowest BCUT2D eigenvalue weighted by atomic mass is 10.1. The number of carboxylic acid groups (broad SMARTS) is 1. The summed E-state index contributed by atoms with van der Waals surface area (Å²) in [7, 11) is 0. The molecule has 0 fully saturated rings. The maximum Gasteiger partial charge on any atom is 0.408 e. The molecular formula is C17H20N4O5. The molecule has 1 aromatic heterocycles. The first kappa shape index (κ1) is 19.0. The molecule has 0 spiro atoms. The highest BCUT2D eigenvalue weighted by molar-refractivity contribution is 5.89. The third-order valence-corrected chi connectivity index (χ3v) is 3.53. The maximum absolute atomic E-state index is 12.1. The number of nitrogens with one attached hydrogen (secondary N) is 3. The first-order valence-corrected chi connectivity index (χ1v) is 7.93. The van der Waals surface area contributed by atoms with E-state index in [2.05, 4.69) is 20.6 Å². The van der Waals surface area contributed by atoms with E-state index in [0.717, 1.165) is 5.56 Å². The highest BCUT2D eigenvalue weighted by Gasteiger charge is 2.24. The van der Waals surface area contributed by atoms with Gasteiger partial charge in [-0.25, -0.2) is 14.6 Å². The van der Waals surface area contributed by atoms with Crippen LogP contribution in [-0.4, -0.2) is 45.1 Å². The summed E-state index contributed by atoms with van der Waals surface area (Å²) in [5, 5.41) is 14.0. The van der Waals surface area contributed by atoms with E-state index in [-0.39, 0.29) is 13.0 Å². The number of carbonyl (C=O) groups excluding carboxylic acids is 2. The van der Waals surface area contributed by atoms with Gasteiger partial charge in [0.05, 0.1) is 6.33 Å². The highest BCUT2D eigenvalue weighted by Crippen LogP contribution is 2.02. The average Bonchev–Trinajstić information content (AvgIpc) is 3.13. The maximum atomic E-state index is 12.1. The standard InChI is InChI=1S/C17H20N4O5/c1-11(20-17(25)26-9-12-5-3-2-4-6-12)15(22)21-14(16(23)24)7-13-8-18-10-19-13/h2-6,8,10-11,14H,7,9H2,1H3,(H,18,19)(H,20,25)(H,21,22)(H,23,24). The quantitative estimate of drug-likeness (QED) is 0.551. The van der Waals surface area contributed by atoms with Crippen LogP contribution in [0.15, 0.2) is 42.9 Å². The monoisotopic (exact) mass is 360 g/mol. The van der Waals surface area contributed by atoms with E-state index >= 15 is 0 Å². The highest BCUT2D eigenvalue weighted by atomic mass is 16.5. The third kappa shape index (κ3) is 5.93. The normalized spacial score (nSPS) is 12.7. The van der Waals surface area contributed by atoms with E-state index in [1.165, 1.54) is 19.4 Å². The minimum Gasteiger partial charge on any atom is -0.480 e. The second-order valence-corrected chi connectivity index (χ2v) is 5.61. The Hall–Kier alpha value is -3.36. The van der Waals surface area contributed by atoms with E-state index in [0.29, 0.717) is 5.69 Å². The minimum absolute atomic E-state index is 0.0479. The molecule has 0 saturated carbocycles. The van der Waals surface area contributed by atoms with Gasteiger partial charge in [-0.1, -0.05) is 30.3 Å². The number of aromatic nitrogens is 2. The van der Waals surface area contributed by atoms with Crippen LogP contribution in [0.4, 0.5) is 4.79 Å². The van der Waals surface area contributed by atoms with Gasteiger partial charge in [-0.15, -0.1) is 0 Å². The lowest BCUT2D eigenvalue weighted by Crippen LogP contribution is -2.51. The number of benzene rings is 1. The van der Waals surface area contributed by atoms with E-state index < -0.39 is 30.1 Å². The number of nitrogens with zero attached hydrogens (tertiary/aromatic N) is 1. The number of rotatable bonds is 8. The fourth-order valence-corrected chi connectivity index (χ4v) is 2.12. The number of ether oxygens (including phenoxy) is 1. The molecule has 4 N–H and O–H groups in total. The SMILES string of the molecule is CC(NC(=O)OCc1ccccc1)C(=O)NC(Cc1cnc[nH]1)C(=O)O. The summed E-state index contributed by atoms with van der Waals surface area (Å²) in [6.07, 6.45) is 2.18. The Labute approximate surface area is 149 Å². The van der Waals surface area contributed by atoms with Crippen molar-refractivity contribution in [1.29, 1.82) is 0 Å². The Balaban J connectivity index is 1.81. The molecule has 2 aromatic rings. The first-order chi connectivity index (χ1) is 12.5. The van der Waals surface area contributed by atoms with Crippen molar-refractivity contribution in [3.05, 3.63) is 54.1 Å². The first-order valence-electron chi connectivity index (χ1n) is 7.93. The molecule has 0 bridgehead atoms. The van der Waals surface area contributed by atoms with E-state index in [1.807, 2.05) is 18.2 Å². The van der Waals surface area contributed by atoms with Crippen LogP contribution >= 0.6 is 0 Å². The molecule has 2 amide bonds. The summed E-state index contributed by atoms with van der Waals surface area (Å²) in [5.41, 5.74) is 1.38. The summed E-state index contributed by atoms with van der Waals surface area (Å²) < 4.78 is 5.03. The predicted molar refractivity (Wildman–Crippen MR) is 91.1 cm³/mol. The van der Waals surface area contributed by atoms with Crippen LogP contribution in [0.1, 0.15) is 18.2 Å². The van der Waals surface area contributed by atoms with Gasteiger partial charge >= 0.3 is 12.1 Å². The molecule has 0 saturated heterocycles. The molecule has 2 unspecified atom stereocenters. The van der Waals surface area contributed by atoms with Crippen molar-refractivity contribution in [2.75, 3.05) is 0 Å². The van der Waals surface area contributed by atoms with Crippen LogP contribution in [0.3, 0.4) is 0 Å². The van der Waals surface area contributed by atoms with E-state index in [4.69, 9.17) is 4.74 Å². The topological polar surface area (TPSA) is 133 Å². The zero-order valence-corrected chi connectivity index (χ0v) is 14.1. The molecule has 0 aliphatic heterocycles. The van der Waals surface area contributed by atoms with Gasteiger partial charge in [0.2, 0.25) is 5.91 Å². The minimum atomic E-state index is -1.19. The predicted octanol–water partition coefficient (Wildman–Crippen LogP) is 0.836. The van der Waals surface area contributed by atoms with Crippen molar-refractivity contribution in [2.45, 2.75) is 32.0 Å². The van der Waals surface area contributed by atoms with E-state index in [9.17, 15) is 19.5 Å². The molecule has 0 aliphatic carbocycles. The smallest absolute Gasteiger partial charge is 0.408 e. The second kappa shape index (κ2) is 9.21. The largest absolute Gasteiger partial charge is 0.480 e. The zero-order chi connectivity index (χ0) is 18.9. The number of amides is 2. The van der Waals surface area contributed by atoms with Crippen LogP contribution in [0.25, 0.3) is 0 Å². The van der Waals surface area contributed by atoms with Crippen molar-refractivity contribution in [3.8, 4) is 0 Å². The number of carbonyl (C=O) groups is 3. The van der Waals surface area contributed by atoms with Gasteiger partial charge in [0.1, 0.15) is 18.7 Å². The Bertz CT molecular complexity index is 733. The number of alkyl carbamates (subject to hydrolysis) is 1. The molecule has 9 nitrogen and oxygen atoms in total. The van der Waals surface area contributed by atoms with Gasteiger partial charge in [-0.3, -0.25) is 4.79 Å². The average molecular weight is 360 g/mol. The lowest BCUT2D eigenvalue weighted by Gasteiger charge is -2.18. The van der Waals surface area contributed by atoms with Crippen molar-refractivity contribution < 1.29 is 24.2 Å². The van der Waals surface area contributed by atoms with Crippen LogP contribution in [-0.2, 0) is 27.4 Å². The molecule has 0 aliphatic rings. The van der Waals surface area contributed by atoms with Gasteiger partial charge in [0, 0.05) is 18.3 Å². The zero-order valence-electron chi connectivity index (χ0n) is 14.1. The van der Waals surface area contributed by atoms with Gasteiger partial charge in [0.15, 0.2) is 0 Å². The van der Waals surface area contributed by atoms with Crippen molar-refractivity contribution in [2.24, 2.45) is 0 Å². The summed E-state index contributed by atoms with van der Waals surface area (Å²) in [6, 6.07) is 6.98. The third-order valence-electron chi connectivity index (χ3n) is 3.53. The van der Waals surface area contributed by atoms with Crippen LogP contribution in [0.5, 0.6) is 0 Å². The number of hydrogen-bond donors (Lipinski definition) is 4. The fourth-order valence-electron chi connectivity index (χ4n) is 2.12. The number of aliphatic carboxylic acids is 1. The van der Waals surface area contributed by atoms with Crippen LogP contribution < -0.4 is 10.6 Å². The molecule has 9 heteroatoms. The molecule has 1 aromatic carbocycles. The summed E-state index contributed by atoms with van der Waals surface area (Å²) in [4.78, 5) is 41.8. The van der Waals surface area contributed by atoms with Crippen LogP contribution in [0, 0.1) is 0 Å². The molecule has 138 valence electrons. The molecule has 2 rings (SSSR count). The summed E-state index contributed by atoms with van der Waals surface area (Å²) in [5.74, 6) is -1.82. The number of carboxylic acids is 1. The number of hydrogen-bond acceptors (Lipinski definition) is 5. The summed E-state index contributed by atoms with van der Waals surface area (Å²) >= 11 is 0. The van der Waals surface area contributed by atoms with Crippen LogP contribution in [0.2, 0.25) is 0 Å². The lowest BCUT2D eigenvalue weighted by molar-refractivity contribution is -0.142. The number of aromatic amines is 1. The molecule has 0 radical (unpaired) electrons. The summed E-state index contributed by atoms with van der Waals surface area (Å²) in [6.45, 7) is 1.51. The Morgan fingerprint density at radius 3 is 2.58 bits per heavy atom. The van der Waals surface area contributed by atoms with Crippen molar-refractivity contribution in [1.82, 2.24) is 20.6 Å². The molecular weight excluding hydrogens is 340 g/mol. The van der Waals surface area contributed by atoms with Gasteiger partial charge in [0.25, 0.3) is 0 Å². The molecule has 1 heterocycles. The Morgan fingerprint density at radius 1 is 1.23 bits per heavy atom. The Kier molecular flexibility index (Phi) is 6.72. The molecule has 26 heavy (non-hydrogen) atoms. The number of imidazole rings is 1. The van der Waals surface area contributed by atoms with Crippen molar-refractivity contribution in [3.63, 3.8) is 0 Å². The van der Waals surface area contributed by atoms with E-state index in [1.54, 1.807) is 12.1 Å². The van der Waals surface area contributed by atoms with Gasteiger partial charge < -0.3 is 25.5 Å². The molecule has 2 atom stereocenters. The fraction of sp³-hybridized carbons (Fsp3) is 0.294. The van der Waals surface area contributed by atoms with Gasteiger partial charge in [-0.2, -0.15) is 0 Å².